The molecule has 1 aliphatic heterocycles. The van der Waals surface area contributed by atoms with Crippen molar-refractivity contribution in [2.45, 2.75) is 11.5 Å². The Bertz CT molecular complexity index is 1270. The first kappa shape index (κ1) is 18.6. The zero-order valence-corrected chi connectivity index (χ0v) is 16.9. The molecule has 0 saturated heterocycles. The topological polar surface area (TPSA) is 73.2 Å². The number of aromatic nitrogens is 2. The lowest BCUT2D eigenvalue weighted by Crippen LogP contribution is -2.22. The maximum atomic E-state index is 12.7. The zero-order chi connectivity index (χ0) is 20.5. The average molecular weight is 417 g/mol. The molecule has 0 spiro atoms. The molecule has 3 aromatic carbocycles. The SMILES string of the molecule is O=C(COc1ccc2ccccc2c1)Nc1c2c(nn1-c1ccccc1)CS(=O)C2. The minimum atomic E-state index is -0.983. The van der Waals surface area contributed by atoms with Crippen molar-refractivity contribution < 1.29 is 13.7 Å². The second kappa shape index (κ2) is 7.76. The molecule has 0 fully saturated rings. The van der Waals surface area contributed by atoms with Crippen LogP contribution in [0.4, 0.5) is 5.82 Å². The van der Waals surface area contributed by atoms with E-state index in [0.717, 1.165) is 27.7 Å². The molecular weight excluding hydrogens is 398 g/mol. The van der Waals surface area contributed by atoms with Gasteiger partial charge in [-0.05, 0) is 35.0 Å². The molecule has 0 aliphatic carbocycles. The molecule has 30 heavy (non-hydrogen) atoms. The highest BCUT2D eigenvalue weighted by molar-refractivity contribution is 7.83. The van der Waals surface area contributed by atoms with E-state index in [1.165, 1.54) is 0 Å². The van der Waals surface area contributed by atoms with E-state index in [1.54, 1.807) is 4.68 Å². The Labute approximate surface area is 175 Å². The lowest BCUT2D eigenvalue weighted by molar-refractivity contribution is -0.118. The quantitative estimate of drug-likeness (QED) is 0.536. The summed E-state index contributed by atoms with van der Waals surface area (Å²) in [5.41, 5.74) is 2.43. The molecule has 1 unspecified atom stereocenters. The van der Waals surface area contributed by atoms with E-state index in [1.807, 2.05) is 72.8 Å². The fourth-order valence-corrected chi connectivity index (χ4v) is 4.85. The van der Waals surface area contributed by atoms with Crippen LogP contribution in [0.5, 0.6) is 5.75 Å². The van der Waals surface area contributed by atoms with Gasteiger partial charge in [0.05, 0.1) is 22.9 Å². The van der Waals surface area contributed by atoms with Crippen LogP contribution in [0, 0.1) is 0 Å². The van der Waals surface area contributed by atoms with Gasteiger partial charge in [-0.3, -0.25) is 9.00 Å². The number of anilines is 1. The van der Waals surface area contributed by atoms with Crippen LogP contribution in [0.3, 0.4) is 0 Å². The summed E-state index contributed by atoms with van der Waals surface area (Å²) in [6.07, 6.45) is 0. The fourth-order valence-electron chi connectivity index (χ4n) is 3.59. The van der Waals surface area contributed by atoms with Crippen LogP contribution in [0.25, 0.3) is 16.5 Å². The molecule has 0 radical (unpaired) electrons. The van der Waals surface area contributed by atoms with Crippen LogP contribution in [-0.4, -0.2) is 26.5 Å². The summed E-state index contributed by atoms with van der Waals surface area (Å²) in [6, 6.07) is 23.3. The Balaban J connectivity index is 1.36. The summed E-state index contributed by atoms with van der Waals surface area (Å²) < 4.78 is 19.4. The van der Waals surface area contributed by atoms with Crippen molar-refractivity contribution >= 4 is 33.3 Å². The molecule has 1 N–H and O–H groups in total. The summed E-state index contributed by atoms with van der Waals surface area (Å²) in [4.78, 5) is 12.7. The monoisotopic (exact) mass is 417 g/mol. The maximum Gasteiger partial charge on any atom is 0.263 e. The predicted octanol–water partition coefficient (Wildman–Crippen LogP) is 3.81. The molecule has 0 saturated carbocycles. The van der Waals surface area contributed by atoms with Crippen LogP contribution in [0.15, 0.2) is 72.8 Å². The molecule has 6 nitrogen and oxygen atoms in total. The predicted molar refractivity (Wildman–Crippen MR) is 117 cm³/mol. The van der Waals surface area contributed by atoms with Crippen LogP contribution in [0.1, 0.15) is 11.3 Å². The number of rotatable bonds is 5. The summed E-state index contributed by atoms with van der Waals surface area (Å²) in [5.74, 6) is 1.70. The molecule has 4 aromatic rings. The molecule has 5 rings (SSSR count). The number of carbonyl (C=O) groups excluding carboxylic acids is 1. The number of nitrogens with zero attached hydrogens (tertiary/aromatic N) is 2. The minimum absolute atomic E-state index is 0.129. The number of amides is 1. The van der Waals surface area contributed by atoms with Crippen molar-refractivity contribution in [2.75, 3.05) is 11.9 Å². The van der Waals surface area contributed by atoms with Gasteiger partial charge in [-0.25, -0.2) is 4.68 Å². The maximum absolute atomic E-state index is 12.7. The second-order valence-corrected chi connectivity index (χ2v) is 8.55. The Hall–Kier alpha value is -3.45. The first-order chi connectivity index (χ1) is 14.7. The van der Waals surface area contributed by atoms with Crippen LogP contribution < -0.4 is 10.1 Å². The third-order valence-corrected chi connectivity index (χ3v) is 6.23. The first-order valence-electron chi connectivity index (χ1n) is 9.60. The molecule has 1 atom stereocenters. The Kier molecular flexibility index (Phi) is 4.80. The summed E-state index contributed by atoms with van der Waals surface area (Å²) >= 11 is 0. The number of benzene rings is 3. The number of para-hydroxylation sites is 1. The second-order valence-electron chi connectivity index (χ2n) is 7.10. The van der Waals surface area contributed by atoms with Gasteiger partial charge in [-0.2, -0.15) is 5.10 Å². The van der Waals surface area contributed by atoms with Crippen LogP contribution >= 0.6 is 0 Å². The summed E-state index contributed by atoms with van der Waals surface area (Å²) in [5, 5.41) is 9.67. The van der Waals surface area contributed by atoms with Crippen molar-refractivity contribution in [1.29, 1.82) is 0 Å². The molecule has 1 aromatic heterocycles. The zero-order valence-electron chi connectivity index (χ0n) is 16.1. The largest absolute Gasteiger partial charge is 0.484 e. The van der Waals surface area contributed by atoms with Gasteiger partial charge in [0.2, 0.25) is 0 Å². The summed E-state index contributed by atoms with van der Waals surface area (Å²) in [7, 11) is -0.983. The highest BCUT2D eigenvalue weighted by Crippen LogP contribution is 2.31. The lowest BCUT2D eigenvalue weighted by Gasteiger charge is -2.12. The standard InChI is InChI=1S/C23H19N3O3S/c27-22(13-29-19-11-10-16-6-4-5-7-17(16)12-19)24-23-20-14-30(28)15-21(20)25-26(23)18-8-2-1-3-9-18/h1-12H,13-15H2,(H,24,27). The normalized spacial score (nSPS) is 15.1. The van der Waals surface area contributed by atoms with Gasteiger partial charge < -0.3 is 10.1 Å². The fraction of sp³-hybridized carbons (Fsp3) is 0.130. The molecule has 0 bridgehead atoms. The van der Waals surface area contributed by atoms with E-state index < -0.39 is 10.8 Å². The number of hydrogen-bond acceptors (Lipinski definition) is 4. The number of ether oxygens (including phenoxy) is 1. The van der Waals surface area contributed by atoms with Gasteiger partial charge in [0.25, 0.3) is 5.91 Å². The van der Waals surface area contributed by atoms with Gasteiger partial charge in [0.15, 0.2) is 6.61 Å². The smallest absolute Gasteiger partial charge is 0.263 e. The third-order valence-electron chi connectivity index (χ3n) is 5.02. The van der Waals surface area contributed by atoms with E-state index in [4.69, 9.17) is 4.74 Å². The van der Waals surface area contributed by atoms with Crippen molar-refractivity contribution in [1.82, 2.24) is 9.78 Å². The van der Waals surface area contributed by atoms with Gasteiger partial charge in [-0.1, -0.05) is 48.5 Å². The highest BCUT2D eigenvalue weighted by Gasteiger charge is 2.28. The van der Waals surface area contributed by atoms with Gasteiger partial charge >= 0.3 is 0 Å². The number of carbonyl (C=O) groups is 1. The Morgan fingerprint density at radius 1 is 1.00 bits per heavy atom. The van der Waals surface area contributed by atoms with E-state index in [0.29, 0.717) is 23.1 Å². The van der Waals surface area contributed by atoms with E-state index >= 15 is 0 Å². The third kappa shape index (κ3) is 3.59. The molecule has 150 valence electrons. The van der Waals surface area contributed by atoms with Crippen molar-refractivity contribution in [3.05, 3.63) is 84.1 Å². The molecule has 1 aliphatic rings. The van der Waals surface area contributed by atoms with E-state index in [2.05, 4.69) is 10.4 Å². The molecule has 7 heteroatoms. The minimum Gasteiger partial charge on any atom is -0.484 e. The van der Waals surface area contributed by atoms with E-state index in [9.17, 15) is 9.00 Å². The first-order valence-corrected chi connectivity index (χ1v) is 11.1. The van der Waals surface area contributed by atoms with Crippen molar-refractivity contribution in [3.63, 3.8) is 0 Å². The lowest BCUT2D eigenvalue weighted by atomic mass is 10.1. The average Bonchev–Trinajstić information content (AvgIpc) is 3.29. The van der Waals surface area contributed by atoms with Crippen molar-refractivity contribution in [3.8, 4) is 11.4 Å². The molecule has 1 amide bonds. The number of nitrogens with one attached hydrogen (secondary N) is 1. The van der Waals surface area contributed by atoms with Gasteiger partial charge in [0.1, 0.15) is 11.6 Å². The van der Waals surface area contributed by atoms with Crippen LogP contribution in [-0.2, 0) is 27.1 Å². The number of hydrogen-bond donors (Lipinski definition) is 1. The number of fused-ring (bicyclic) bond motifs is 2. The van der Waals surface area contributed by atoms with E-state index in [-0.39, 0.29) is 12.5 Å². The Morgan fingerprint density at radius 3 is 2.60 bits per heavy atom. The molecule has 2 heterocycles. The van der Waals surface area contributed by atoms with Crippen LogP contribution in [0.2, 0.25) is 0 Å². The highest BCUT2D eigenvalue weighted by atomic mass is 32.2. The summed E-state index contributed by atoms with van der Waals surface area (Å²) in [6.45, 7) is -0.129. The van der Waals surface area contributed by atoms with Gasteiger partial charge in [0, 0.05) is 16.4 Å². The van der Waals surface area contributed by atoms with Gasteiger partial charge in [-0.15, -0.1) is 0 Å². The van der Waals surface area contributed by atoms with Crippen molar-refractivity contribution in [2.24, 2.45) is 0 Å². The molecular formula is C23H19N3O3S. The Morgan fingerprint density at radius 2 is 1.77 bits per heavy atom.